The molecule has 0 aliphatic heterocycles. The molecule has 0 aromatic heterocycles. The van der Waals surface area contributed by atoms with Crippen LogP contribution in [0.4, 0.5) is 0 Å². The molecule has 0 aliphatic carbocycles. The Balaban J connectivity index is 3.46. The van der Waals surface area contributed by atoms with Crippen LogP contribution < -0.4 is 0 Å². The number of rotatable bonds is 1. The van der Waals surface area contributed by atoms with Crippen molar-refractivity contribution in [1.29, 1.82) is 0 Å². The van der Waals surface area contributed by atoms with E-state index in [-0.39, 0.29) is 5.56 Å². The van der Waals surface area contributed by atoms with Crippen molar-refractivity contribution in [2.24, 2.45) is 0 Å². The maximum absolute atomic E-state index is 10.8. The Morgan fingerprint density at radius 3 is 2.91 bits per heavy atom. The Hall–Kier alpha value is -1.31. The number of carboxylic acid groups (broad SMARTS) is 1. The van der Waals surface area contributed by atoms with Gasteiger partial charge in [0.15, 0.2) is 0 Å². The van der Waals surface area contributed by atoms with Gasteiger partial charge in [-0.1, -0.05) is 17.7 Å². The minimum atomic E-state index is -2.66. The van der Waals surface area contributed by atoms with Gasteiger partial charge in [-0.05, 0) is 25.3 Å². The highest BCUT2D eigenvalue weighted by atomic mass is 16.4. The molecule has 11 heavy (non-hydrogen) atoms. The van der Waals surface area contributed by atoms with Gasteiger partial charge < -0.3 is 5.11 Å². The zero-order chi connectivity index (χ0) is 13.4. The molecule has 0 radical (unpaired) electrons. The van der Waals surface area contributed by atoms with Gasteiger partial charge in [0.1, 0.15) is 0 Å². The number of hydrogen-bond acceptors (Lipinski definition) is 1. The lowest BCUT2D eigenvalue weighted by Crippen LogP contribution is -1.99. The van der Waals surface area contributed by atoms with E-state index >= 15 is 0 Å². The molecule has 58 valence electrons. The van der Waals surface area contributed by atoms with Gasteiger partial charge in [0.2, 0.25) is 0 Å². The summed E-state index contributed by atoms with van der Waals surface area (Å²) in [4.78, 5) is 10.8. The zero-order valence-electron chi connectivity index (χ0n) is 11.6. The van der Waals surface area contributed by atoms with E-state index in [1.165, 1.54) is 0 Å². The van der Waals surface area contributed by atoms with Gasteiger partial charge in [-0.15, -0.1) is 0 Å². The fourth-order valence-electron chi connectivity index (χ4n) is 0.731. The molecule has 0 saturated carbocycles. The molecule has 2 nitrogen and oxygen atoms in total. The molecule has 1 N–H and O–H groups in total. The first kappa shape index (κ1) is 2.97. The van der Waals surface area contributed by atoms with Crippen molar-refractivity contribution in [3.63, 3.8) is 0 Å². The van der Waals surface area contributed by atoms with Crippen molar-refractivity contribution in [1.82, 2.24) is 0 Å². The van der Waals surface area contributed by atoms with Crippen LogP contribution in [0.3, 0.4) is 0 Å². The van der Waals surface area contributed by atoms with Crippen LogP contribution in [0.2, 0.25) is 0 Å². The summed E-state index contributed by atoms with van der Waals surface area (Å²) in [6, 6.07) is 3.01. The van der Waals surface area contributed by atoms with E-state index in [0.717, 1.165) is 18.2 Å². The van der Waals surface area contributed by atoms with Gasteiger partial charge in [0, 0.05) is 8.22 Å². The van der Waals surface area contributed by atoms with E-state index in [1.807, 2.05) is 0 Å². The topological polar surface area (TPSA) is 37.3 Å². The van der Waals surface area contributed by atoms with Gasteiger partial charge in [0.05, 0.1) is 5.56 Å². The second kappa shape index (κ2) is 2.74. The van der Waals surface area contributed by atoms with Crippen LogP contribution in [0.25, 0.3) is 0 Å². The average Bonchev–Trinajstić information content (AvgIpc) is 2.14. The number of benzene rings is 1. The lowest BCUT2D eigenvalue weighted by molar-refractivity contribution is 0.0696. The molecule has 0 unspecified atom stereocenters. The molecule has 0 spiro atoms. The molecule has 0 aliphatic rings. The number of carbonyl (C=O) groups is 1. The van der Waals surface area contributed by atoms with Crippen LogP contribution in [0, 0.1) is 13.7 Å². The lowest BCUT2D eigenvalue weighted by Gasteiger charge is -2.00. The number of carboxylic acids is 1. The molecule has 0 amide bonds. The lowest BCUT2D eigenvalue weighted by atomic mass is 10.1. The van der Waals surface area contributed by atoms with E-state index in [2.05, 4.69) is 0 Å². The van der Waals surface area contributed by atoms with Crippen molar-refractivity contribution >= 4 is 5.97 Å². The summed E-state index contributed by atoms with van der Waals surface area (Å²) in [6.45, 7) is -5.12. The van der Waals surface area contributed by atoms with Gasteiger partial charge in [-0.2, -0.15) is 0 Å². The molecule has 2 heteroatoms. The van der Waals surface area contributed by atoms with Crippen molar-refractivity contribution in [2.45, 2.75) is 13.7 Å². The second-order valence-electron chi connectivity index (χ2n) is 2.07. The molecular formula is C9H10O2. The molecule has 1 rings (SSSR count). The highest BCUT2D eigenvalue weighted by molar-refractivity contribution is 5.89. The molecule has 0 fully saturated rings. The van der Waals surface area contributed by atoms with Crippen molar-refractivity contribution in [3.05, 3.63) is 34.9 Å². The fourth-order valence-corrected chi connectivity index (χ4v) is 0.731. The summed E-state index contributed by atoms with van der Waals surface area (Å²) in [5.74, 6) is -1.40. The highest BCUT2D eigenvalue weighted by Gasteiger charge is 2.04. The quantitative estimate of drug-likeness (QED) is 0.675. The van der Waals surface area contributed by atoms with Gasteiger partial charge in [-0.3, -0.25) is 0 Å². The van der Waals surface area contributed by atoms with Crippen LogP contribution in [0.1, 0.15) is 29.7 Å². The smallest absolute Gasteiger partial charge is 0.335 e. The number of hydrogen-bond donors (Lipinski definition) is 1. The summed E-state index contributed by atoms with van der Waals surface area (Å²) >= 11 is 0. The predicted molar refractivity (Wildman–Crippen MR) is 42.9 cm³/mol. The maximum Gasteiger partial charge on any atom is 0.335 e. The third kappa shape index (κ3) is 1.58. The largest absolute Gasteiger partial charge is 0.478 e. The van der Waals surface area contributed by atoms with Crippen molar-refractivity contribution < 1.29 is 18.1 Å². The Morgan fingerprint density at radius 2 is 2.36 bits per heavy atom. The number of aryl methyl sites for hydroxylation is 2. The van der Waals surface area contributed by atoms with Gasteiger partial charge in [-0.25, -0.2) is 4.79 Å². The van der Waals surface area contributed by atoms with E-state index in [4.69, 9.17) is 13.3 Å². The summed E-state index contributed by atoms with van der Waals surface area (Å²) in [5, 5.41) is 8.83. The average molecular weight is 156 g/mol. The van der Waals surface area contributed by atoms with E-state index < -0.39 is 30.8 Å². The second-order valence-corrected chi connectivity index (χ2v) is 2.07. The van der Waals surface area contributed by atoms with E-state index in [1.54, 1.807) is 0 Å². The Kier molecular flexibility index (Phi) is 0.741. The van der Waals surface area contributed by atoms with Gasteiger partial charge in [0.25, 0.3) is 0 Å². The Bertz CT molecular complexity index is 446. The minimum Gasteiger partial charge on any atom is -0.478 e. The molecule has 1 aromatic carbocycles. The maximum atomic E-state index is 10.8. The Morgan fingerprint density at radius 1 is 1.55 bits per heavy atom. The monoisotopic (exact) mass is 156 g/mol. The standard InChI is InChI=1S/C9H10O2/c1-6-3-4-8(9(10)11)7(2)5-6/h3-5H,1-2H3,(H,10,11)/i1D3,2D3. The SMILES string of the molecule is [2H]C([2H])([2H])c1ccc(C(=O)O)c(C([2H])([2H])[2H])c1. The fraction of sp³-hybridized carbons (Fsp3) is 0.222. The summed E-state index contributed by atoms with van der Waals surface area (Å²) in [7, 11) is 0. The Labute approximate surface area is 73.9 Å². The summed E-state index contributed by atoms with van der Waals surface area (Å²) in [6.07, 6.45) is 0. The highest BCUT2D eigenvalue weighted by Crippen LogP contribution is 2.09. The normalized spacial score (nSPS) is 20.0. The van der Waals surface area contributed by atoms with E-state index in [0.29, 0.717) is 0 Å². The van der Waals surface area contributed by atoms with Gasteiger partial charge >= 0.3 is 5.97 Å². The molecule has 0 bridgehead atoms. The minimum absolute atomic E-state index is 0.186. The van der Waals surface area contributed by atoms with Crippen molar-refractivity contribution in [2.75, 3.05) is 0 Å². The first-order valence-corrected chi connectivity index (χ1v) is 2.92. The zero-order valence-corrected chi connectivity index (χ0v) is 5.59. The molecule has 0 heterocycles. The summed E-state index contributed by atoms with van der Waals surface area (Å²) in [5.41, 5.74) is -1.05. The third-order valence-corrected chi connectivity index (χ3v) is 1.25. The first-order chi connectivity index (χ1) is 7.53. The summed E-state index contributed by atoms with van der Waals surface area (Å²) < 4.78 is 43.0. The van der Waals surface area contributed by atoms with Crippen LogP contribution in [-0.2, 0) is 0 Å². The molecule has 0 saturated heterocycles. The van der Waals surface area contributed by atoms with Crippen molar-refractivity contribution in [3.8, 4) is 0 Å². The van der Waals surface area contributed by atoms with Crippen LogP contribution in [0.5, 0.6) is 0 Å². The molecule has 0 atom stereocenters. The molecule has 1 aromatic rings. The number of aromatic carboxylic acids is 1. The molecular weight excluding hydrogens is 140 g/mol. The first-order valence-electron chi connectivity index (χ1n) is 5.92. The van der Waals surface area contributed by atoms with Crippen LogP contribution in [-0.4, -0.2) is 11.1 Å². The predicted octanol–water partition coefficient (Wildman–Crippen LogP) is 2.00. The third-order valence-electron chi connectivity index (χ3n) is 1.25. The van der Waals surface area contributed by atoms with Crippen LogP contribution >= 0.6 is 0 Å². The van der Waals surface area contributed by atoms with Crippen LogP contribution in [0.15, 0.2) is 18.2 Å². The van der Waals surface area contributed by atoms with E-state index in [9.17, 15) is 4.79 Å².